The molecule has 0 saturated carbocycles. The molecule has 0 radical (unpaired) electrons. The molecule has 1 atom stereocenters. The van der Waals surface area contributed by atoms with Crippen molar-refractivity contribution in [2.45, 2.75) is 25.9 Å². The Labute approximate surface area is 87.7 Å². The van der Waals surface area contributed by atoms with E-state index in [1.165, 1.54) is 6.07 Å². The van der Waals surface area contributed by atoms with Crippen LogP contribution in [0.4, 0.5) is 4.39 Å². The Morgan fingerprint density at radius 3 is 3.00 bits per heavy atom. The van der Waals surface area contributed by atoms with Gasteiger partial charge in [-0.05, 0) is 18.6 Å². The fourth-order valence-corrected chi connectivity index (χ4v) is 1.22. The van der Waals surface area contributed by atoms with Crippen molar-refractivity contribution in [2.75, 3.05) is 0 Å². The van der Waals surface area contributed by atoms with Crippen LogP contribution in [-0.2, 0) is 11.3 Å². The summed E-state index contributed by atoms with van der Waals surface area (Å²) < 4.78 is 12.7. The molecule has 0 saturated heterocycles. The minimum Gasteiger partial charge on any atom is -0.370 e. The van der Waals surface area contributed by atoms with Crippen LogP contribution in [0.25, 0.3) is 0 Å². The molecular formula is C10H14FN3O. The Bertz CT molecular complexity index is 343. The van der Waals surface area contributed by atoms with Gasteiger partial charge in [-0.1, -0.05) is 0 Å². The van der Waals surface area contributed by atoms with E-state index in [9.17, 15) is 9.18 Å². The number of aromatic nitrogens is 1. The van der Waals surface area contributed by atoms with Gasteiger partial charge in [0, 0.05) is 25.2 Å². The molecule has 0 aromatic carbocycles. The van der Waals surface area contributed by atoms with Gasteiger partial charge in [0.15, 0.2) is 0 Å². The lowest BCUT2D eigenvalue weighted by atomic mass is 10.2. The third-order valence-corrected chi connectivity index (χ3v) is 1.92. The number of pyridine rings is 1. The maximum Gasteiger partial charge on any atom is 0.218 e. The number of carbonyl (C=O) groups is 1. The van der Waals surface area contributed by atoms with Crippen molar-refractivity contribution in [2.24, 2.45) is 5.73 Å². The van der Waals surface area contributed by atoms with E-state index in [1.54, 1.807) is 6.20 Å². The average Bonchev–Trinajstić information content (AvgIpc) is 2.14. The van der Waals surface area contributed by atoms with Crippen LogP contribution in [0.1, 0.15) is 18.9 Å². The molecule has 1 aromatic rings. The highest BCUT2D eigenvalue weighted by Gasteiger charge is 2.05. The van der Waals surface area contributed by atoms with Gasteiger partial charge >= 0.3 is 0 Å². The highest BCUT2D eigenvalue weighted by molar-refractivity contribution is 5.74. The molecule has 5 heteroatoms. The van der Waals surface area contributed by atoms with Crippen LogP contribution in [0.2, 0.25) is 0 Å². The van der Waals surface area contributed by atoms with Crippen molar-refractivity contribution in [3.63, 3.8) is 0 Å². The Kier molecular flexibility index (Phi) is 4.17. The number of hydrogen-bond donors (Lipinski definition) is 2. The van der Waals surface area contributed by atoms with Crippen LogP contribution in [0.15, 0.2) is 18.5 Å². The van der Waals surface area contributed by atoms with E-state index >= 15 is 0 Å². The number of rotatable bonds is 5. The van der Waals surface area contributed by atoms with Gasteiger partial charge in [0.05, 0.1) is 6.20 Å². The van der Waals surface area contributed by atoms with Crippen LogP contribution in [0.5, 0.6) is 0 Å². The van der Waals surface area contributed by atoms with Gasteiger partial charge in [0.2, 0.25) is 5.91 Å². The maximum absolute atomic E-state index is 12.7. The number of nitrogens with one attached hydrogen (secondary N) is 1. The second-order valence-electron chi connectivity index (χ2n) is 3.46. The lowest BCUT2D eigenvalue weighted by Gasteiger charge is -2.11. The first-order valence-corrected chi connectivity index (χ1v) is 4.69. The van der Waals surface area contributed by atoms with E-state index in [-0.39, 0.29) is 24.2 Å². The number of carbonyl (C=O) groups excluding carboxylic acids is 1. The van der Waals surface area contributed by atoms with Gasteiger partial charge in [-0.3, -0.25) is 9.78 Å². The lowest BCUT2D eigenvalue weighted by Crippen LogP contribution is -2.30. The fraction of sp³-hybridized carbons (Fsp3) is 0.400. The number of amides is 1. The normalized spacial score (nSPS) is 12.4. The summed E-state index contributed by atoms with van der Waals surface area (Å²) in [6.07, 6.45) is 2.99. The predicted octanol–water partition coefficient (Wildman–Crippen LogP) is 0.574. The van der Waals surface area contributed by atoms with E-state index < -0.39 is 0 Å². The summed E-state index contributed by atoms with van der Waals surface area (Å²) in [6.45, 7) is 2.32. The summed E-state index contributed by atoms with van der Waals surface area (Å²) in [6, 6.07) is 1.38. The predicted molar refractivity (Wildman–Crippen MR) is 54.3 cm³/mol. The SMILES string of the molecule is CC(CC(N)=O)NCc1cncc(F)c1. The quantitative estimate of drug-likeness (QED) is 0.748. The van der Waals surface area contributed by atoms with Gasteiger partial charge < -0.3 is 11.1 Å². The summed E-state index contributed by atoms with van der Waals surface area (Å²) >= 11 is 0. The molecule has 0 spiro atoms. The molecule has 82 valence electrons. The molecule has 1 heterocycles. The molecule has 3 N–H and O–H groups in total. The number of nitrogens with zero attached hydrogens (tertiary/aromatic N) is 1. The summed E-state index contributed by atoms with van der Waals surface area (Å²) in [4.78, 5) is 14.3. The van der Waals surface area contributed by atoms with Gasteiger partial charge in [-0.2, -0.15) is 0 Å². The monoisotopic (exact) mass is 211 g/mol. The van der Waals surface area contributed by atoms with E-state index in [0.29, 0.717) is 6.54 Å². The average molecular weight is 211 g/mol. The first-order valence-electron chi connectivity index (χ1n) is 4.69. The molecule has 1 amide bonds. The second-order valence-corrected chi connectivity index (χ2v) is 3.46. The zero-order chi connectivity index (χ0) is 11.3. The van der Waals surface area contributed by atoms with E-state index in [1.807, 2.05) is 6.92 Å². The summed E-state index contributed by atoms with van der Waals surface area (Å²) in [5.74, 6) is -0.718. The number of halogens is 1. The van der Waals surface area contributed by atoms with Crippen molar-refractivity contribution in [3.05, 3.63) is 29.8 Å². The van der Waals surface area contributed by atoms with Gasteiger partial charge in [-0.15, -0.1) is 0 Å². The highest BCUT2D eigenvalue weighted by Crippen LogP contribution is 2.01. The molecule has 0 fully saturated rings. The van der Waals surface area contributed by atoms with Crippen LogP contribution in [0.3, 0.4) is 0 Å². The molecule has 0 bridgehead atoms. The van der Waals surface area contributed by atoms with Crippen molar-refractivity contribution in [3.8, 4) is 0 Å². The van der Waals surface area contributed by atoms with Crippen molar-refractivity contribution in [1.82, 2.24) is 10.3 Å². The Balaban J connectivity index is 2.40. The van der Waals surface area contributed by atoms with Crippen LogP contribution >= 0.6 is 0 Å². The van der Waals surface area contributed by atoms with Crippen LogP contribution in [-0.4, -0.2) is 16.9 Å². The van der Waals surface area contributed by atoms with Gasteiger partial charge in [0.1, 0.15) is 5.82 Å². The van der Waals surface area contributed by atoms with Crippen molar-refractivity contribution >= 4 is 5.91 Å². The molecule has 15 heavy (non-hydrogen) atoms. The smallest absolute Gasteiger partial charge is 0.218 e. The molecule has 4 nitrogen and oxygen atoms in total. The number of primary amides is 1. The molecule has 0 aliphatic heterocycles. The number of hydrogen-bond acceptors (Lipinski definition) is 3. The first-order chi connectivity index (χ1) is 7.08. The lowest BCUT2D eigenvalue weighted by molar-refractivity contribution is -0.118. The molecule has 1 aromatic heterocycles. The Morgan fingerprint density at radius 1 is 1.67 bits per heavy atom. The molecule has 1 unspecified atom stereocenters. The van der Waals surface area contributed by atoms with Gasteiger partial charge in [0.25, 0.3) is 0 Å². The second kappa shape index (κ2) is 5.41. The largest absolute Gasteiger partial charge is 0.370 e. The minimum atomic E-state index is -0.364. The van der Waals surface area contributed by atoms with Gasteiger partial charge in [-0.25, -0.2) is 4.39 Å². The van der Waals surface area contributed by atoms with Crippen LogP contribution in [0, 0.1) is 5.82 Å². The Morgan fingerprint density at radius 2 is 2.40 bits per heavy atom. The summed E-state index contributed by atoms with van der Waals surface area (Å²) in [5, 5.41) is 3.05. The van der Waals surface area contributed by atoms with Crippen LogP contribution < -0.4 is 11.1 Å². The summed E-state index contributed by atoms with van der Waals surface area (Å²) in [5.41, 5.74) is 5.78. The van der Waals surface area contributed by atoms with Crippen molar-refractivity contribution in [1.29, 1.82) is 0 Å². The van der Waals surface area contributed by atoms with E-state index in [0.717, 1.165) is 11.8 Å². The Hall–Kier alpha value is -1.49. The zero-order valence-corrected chi connectivity index (χ0v) is 8.53. The fourth-order valence-electron chi connectivity index (χ4n) is 1.22. The minimum absolute atomic E-state index is 0.0224. The molecular weight excluding hydrogens is 197 g/mol. The van der Waals surface area contributed by atoms with E-state index in [4.69, 9.17) is 5.73 Å². The number of nitrogens with two attached hydrogens (primary N) is 1. The first kappa shape index (κ1) is 11.6. The standard InChI is InChI=1S/C10H14FN3O/c1-7(2-10(12)15)14-5-8-3-9(11)6-13-4-8/h3-4,6-7,14H,2,5H2,1H3,(H2,12,15). The molecule has 0 aliphatic rings. The van der Waals surface area contributed by atoms with Crippen molar-refractivity contribution < 1.29 is 9.18 Å². The third-order valence-electron chi connectivity index (χ3n) is 1.92. The molecule has 0 aliphatic carbocycles. The highest BCUT2D eigenvalue weighted by atomic mass is 19.1. The van der Waals surface area contributed by atoms with E-state index in [2.05, 4.69) is 10.3 Å². The maximum atomic E-state index is 12.7. The summed E-state index contributed by atoms with van der Waals surface area (Å²) in [7, 11) is 0. The zero-order valence-electron chi connectivity index (χ0n) is 8.53. The third kappa shape index (κ3) is 4.51. The topological polar surface area (TPSA) is 68.0 Å². The molecule has 1 rings (SSSR count).